The molecule has 6 rings (SSSR count). The largest absolute Gasteiger partial charge is 0.345 e. The van der Waals surface area contributed by atoms with Crippen molar-refractivity contribution < 1.29 is 9.59 Å². The number of fused-ring (bicyclic) bond motifs is 2. The highest BCUT2D eigenvalue weighted by molar-refractivity contribution is 7.19. The first-order valence-corrected chi connectivity index (χ1v) is 13.7. The van der Waals surface area contributed by atoms with E-state index in [0.29, 0.717) is 11.6 Å². The van der Waals surface area contributed by atoms with E-state index in [1.165, 1.54) is 4.90 Å². The third kappa shape index (κ3) is 4.21. The van der Waals surface area contributed by atoms with E-state index in [2.05, 4.69) is 33.2 Å². The molecule has 1 aromatic carbocycles. The Bertz CT molecular complexity index is 1590. The zero-order valence-electron chi connectivity index (χ0n) is 20.5. The summed E-state index contributed by atoms with van der Waals surface area (Å²) in [6, 6.07) is 12.6. The lowest BCUT2D eigenvalue weighted by molar-refractivity contribution is -0.139. The molecule has 2 aliphatic heterocycles. The van der Waals surface area contributed by atoms with Crippen LogP contribution in [0.1, 0.15) is 31.1 Å². The highest BCUT2D eigenvalue weighted by Crippen LogP contribution is 2.41. The van der Waals surface area contributed by atoms with Gasteiger partial charge >= 0.3 is 0 Å². The summed E-state index contributed by atoms with van der Waals surface area (Å²) in [5.41, 5.74) is 3.43. The van der Waals surface area contributed by atoms with Gasteiger partial charge in [0.05, 0.1) is 33.8 Å². The minimum Gasteiger partial charge on any atom is -0.345 e. The van der Waals surface area contributed by atoms with Crippen molar-refractivity contribution in [3.8, 4) is 17.2 Å². The molecule has 0 radical (unpaired) electrons. The highest BCUT2D eigenvalue weighted by Gasteiger charge is 2.36. The Hall–Kier alpha value is -3.25. The summed E-state index contributed by atoms with van der Waals surface area (Å²) in [4.78, 5) is 31.7. The van der Waals surface area contributed by atoms with Crippen molar-refractivity contribution in [2.75, 3.05) is 13.1 Å². The standard InChI is InChI=1S/C28H26ClN5O2S/c1-17-10-24(35)34(27(17)36)14-20-13-23-26(37-20)21(2-6-32-23)22-12-19(29)11-18-3-9-33(25(18)22)16-28(15-30)4-7-31-8-5-28/h2-3,6,9,11-13,17,31H,4-5,7-8,10,14,16H2,1H3. The minimum absolute atomic E-state index is 0.116. The molecular weight excluding hydrogens is 506 g/mol. The Morgan fingerprint density at radius 2 is 2.03 bits per heavy atom. The number of nitrogens with zero attached hydrogens (tertiary/aromatic N) is 4. The summed E-state index contributed by atoms with van der Waals surface area (Å²) in [7, 11) is 0. The molecular formula is C28H26ClN5O2S. The van der Waals surface area contributed by atoms with Crippen molar-refractivity contribution >= 4 is 55.9 Å². The molecule has 7 nitrogen and oxygen atoms in total. The smallest absolute Gasteiger partial charge is 0.232 e. The van der Waals surface area contributed by atoms with Crippen molar-refractivity contribution in [2.45, 2.75) is 39.3 Å². The average molecular weight is 532 g/mol. The number of likely N-dealkylation sites (tertiary alicyclic amines) is 1. The molecule has 3 aromatic heterocycles. The molecule has 4 aromatic rings. The van der Waals surface area contributed by atoms with Gasteiger partial charge in [-0.3, -0.25) is 19.5 Å². The fraction of sp³-hybridized carbons (Fsp3) is 0.357. The number of halogens is 1. The number of imide groups is 1. The van der Waals surface area contributed by atoms with Crippen LogP contribution in [0.25, 0.3) is 32.2 Å². The van der Waals surface area contributed by atoms with Crippen molar-refractivity contribution in [1.82, 2.24) is 19.8 Å². The summed E-state index contributed by atoms with van der Waals surface area (Å²) in [5, 5.41) is 15.1. The number of thiophene rings is 1. The van der Waals surface area contributed by atoms with Crippen LogP contribution in [-0.2, 0) is 22.7 Å². The molecule has 188 valence electrons. The number of hydrogen-bond donors (Lipinski definition) is 1. The number of carbonyl (C=O) groups excluding carboxylic acids is 2. The van der Waals surface area contributed by atoms with Crippen molar-refractivity contribution in [2.24, 2.45) is 11.3 Å². The molecule has 2 amide bonds. The molecule has 9 heteroatoms. The summed E-state index contributed by atoms with van der Waals surface area (Å²) in [6.45, 7) is 4.36. The zero-order valence-corrected chi connectivity index (χ0v) is 22.0. The molecule has 2 aliphatic rings. The van der Waals surface area contributed by atoms with E-state index in [1.807, 2.05) is 24.3 Å². The van der Waals surface area contributed by atoms with Gasteiger partial charge in [0.2, 0.25) is 11.8 Å². The van der Waals surface area contributed by atoms with Crippen molar-refractivity contribution in [1.29, 1.82) is 5.26 Å². The van der Waals surface area contributed by atoms with Gasteiger partial charge in [0.1, 0.15) is 0 Å². The summed E-state index contributed by atoms with van der Waals surface area (Å²) in [6.07, 6.45) is 5.73. The predicted octanol–water partition coefficient (Wildman–Crippen LogP) is 5.36. The maximum atomic E-state index is 12.5. The fourth-order valence-corrected chi connectivity index (χ4v) is 6.99. The van der Waals surface area contributed by atoms with E-state index in [0.717, 1.165) is 63.1 Å². The van der Waals surface area contributed by atoms with Gasteiger partial charge < -0.3 is 9.88 Å². The van der Waals surface area contributed by atoms with E-state index in [1.54, 1.807) is 24.5 Å². The molecule has 2 fully saturated rings. The lowest BCUT2D eigenvalue weighted by Gasteiger charge is -2.32. The third-order valence-corrected chi connectivity index (χ3v) is 8.99. The fourth-order valence-electron chi connectivity index (χ4n) is 5.63. The maximum Gasteiger partial charge on any atom is 0.232 e. The number of rotatable bonds is 5. The lowest BCUT2D eigenvalue weighted by Crippen LogP contribution is -2.38. The normalized spacial score (nSPS) is 19.7. The first-order chi connectivity index (χ1) is 17.9. The van der Waals surface area contributed by atoms with Gasteiger partial charge in [-0.1, -0.05) is 18.5 Å². The first-order valence-electron chi connectivity index (χ1n) is 12.5. The number of amides is 2. The van der Waals surface area contributed by atoms with E-state index in [4.69, 9.17) is 11.6 Å². The molecule has 37 heavy (non-hydrogen) atoms. The van der Waals surface area contributed by atoms with E-state index in [9.17, 15) is 14.9 Å². The van der Waals surface area contributed by atoms with Crippen LogP contribution in [0.2, 0.25) is 5.02 Å². The van der Waals surface area contributed by atoms with Gasteiger partial charge in [-0.15, -0.1) is 11.3 Å². The second kappa shape index (κ2) is 9.25. The predicted molar refractivity (Wildman–Crippen MR) is 145 cm³/mol. The monoisotopic (exact) mass is 531 g/mol. The van der Waals surface area contributed by atoms with Gasteiger partial charge in [0.25, 0.3) is 0 Å². The molecule has 0 bridgehead atoms. The number of benzene rings is 1. The molecule has 1 unspecified atom stereocenters. The SMILES string of the molecule is CC1CC(=O)N(Cc2cc3nccc(-c4cc(Cl)cc5ccn(CC6(C#N)CCNCC6)c45)c3s2)C1=O. The topological polar surface area (TPSA) is 91.0 Å². The number of nitrogens with one attached hydrogen (secondary N) is 1. The van der Waals surface area contributed by atoms with Crippen LogP contribution in [0.5, 0.6) is 0 Å². The Kier molecular flexibility index (Phi) is 6.03. The summed E-state index contributed by atoms with van der Waals surface area (Å²) in [5.74, 6) is -0.504. The molecule has 5 heterocycles. The number of hydrogen-bond acceptors (Lipinski definition) is 6. The number of aromatic nitrogens is 2. The Morgan fingerprint density at radius 3 is 2.76 bits per heavy atom. The van der Waals surface area contributed by atoms with E-state index in [-0.39, 0.29) is 30.7 Å². The minimum atomic E-state index is -0.413. The second-order valence-electron chi connectivity index (χ2n) is 10.2. The van der Waals surface area contributed by atoms with Crippen LogP contribution in [0.4, 0.5) is 0 Å². The Morgan fingerprint density at radius 1 is 1.22 bits per heavy atom. The van der Waals surface area contributed by atoms with Crippen LogP contribution in [0.15, 0.2) is 42.7 Å². The van der Waals surface area contributed by atoms with E-state index < -0.39 is 5.41 Å². The second-order valence-corrected chi connectivity index (χ2v) is 11.8. The van der Waals surface area contributed by atoms with Crippen LogP contribution in [0, 0.1) is 22.7 Å². The summed E-state index contributed by atoms with van der Waals surface area (Å²) < 4.78 is 3.18. The van der Waals surface area contributed by atoms with Crippen LogP contribution in [-0.4, -0.2) is 39.4 Å². The molecule has 0 spiro atoms. The van der Waals surface area contributed by atoms with E-state index >= 15 is 0 Å². The average Bonchev–Trinajstić information content (AvgIpc) is 3.56. The molecule has 2 saturated heterocycles. The highest BCUT2D eigenvalue weighted by atomic mass is 35.5. The molecule has 0 aliphatic carbocycles. The number of piperidine rings is 1. The molecule has 0 saturated carbocycles. The van der Waals surface area contributed by atoms with Crippen molar-refractivity contribution in [3.63, 3.8) is 0 Å². The zero-order chi connectivity index (χ0) is 25.7. The number of nitriles is 1. The third-order valence-electron chi connectivity index (χ3n) is 7.63. The Balaban J connectivity index is 1.44. The van der Waals surface area contributed by atoms with Crippen LogP contribution in [0.3, 0.4) is 0 Å². The Labute approximate surface area is 223 Å². The quantitative estimate of drug-likeness (QED) is 0.350. The van der Waals surface area contributed by atoms with Gasteiger partial charge in [-0.2, -0.15) is 5.26 Å². The molecule has 1 atom stereocenters. The summed E-state index contributed by atoms with van der Waals surface area (Å²) >= 11 is 8.13. The number of carbonyl (C=O) groups is 2. The van der Waals surface area contributed by atoms with Gasteiger partial charge in [-0.05, 0) is 56.3 Å². The van der Waals surface area contributed by atoms with Crippen LogP contribution >= 0.6 is 22.9 Å². The van der Waals surface area contributed by atoms with Gasteiger partial charge in [-0.25, -0.2) is 0 Å². The van der Waals surface area contributed by atoms with Gasteiger partial charge in [0, 0.05) is 57.7 Å². The first kappa shape index (κ1) is 24.1. The lowest BCUT2D eigenvalue weighted by atomic mass is 9.80. The van der Waals surface area contributed by atoms with Gasteiger partial charge in [0.15, 0.2) is 0 Å². The van der Waals surface area contributed by atoms with Crippen molar-refractivity contribution in [3.05, 3.63) is 52.6 Å². The van der Waals surface area contributed by atoms with Crippen LogP contribution < -0.4 is 5.32 Å². The molecule has 1 N–H and O–H groups in total. The maximum absolute atomic E-state index is 12.5. The number of pyridine rings is 1.